The summed E-state index contributed by atoms with van der Waals surface area (Å²) in [6.07, 6.45) is 2.76. The van der Waals surface area contributed by atoms with Crippen LogP contribution < -0.4 is 4.90 Å². The molecule has 1 saturated heterocycles. The third-order valence-electron chi connectivity index (χ3n) is 4.11. The van der Waals surface area contributed by atoms with Gasteiger partial charge in [-0.3, -0.25) is 9.59 Å². The van der Waals surface area contributed by atoms with Crippen LogP contribution in [0.1, 0.15) is 37.6 Å². The molecular weight excluding hydrogens is 295 g/mol. The van der Waals surface area contributed by atoms with Crippen molar-refractivity contribution in [3.8, 4) is 0 Å². The van der Waals surface area contributed by atoms with E-state index in [0.717, 1.165) is 12.0 Å². The van der Waals surface area contributed by atoms with E-state index in [1.165, 1.54) is 13.0 Å². The van der Waals surface area contributed by atoms with Gasteiger partial charge in [0.15, 0.2) is 5.78 Å². The van der Waals surface area contributed by atoms with Gasteiger partial charge >= 0.3 is 0 Å². The highest BCUT2D eigenvalue weighted by Gasteiger charge is 2.23. The number of nitrogens with zero attached hydrogens (tertiary/aromatic N) is 2. The van der Waals surface area contributed by atoms with E-state index in [1.807, 2.05) is 24.8 Å². The molecule has 1 aromatic carbocycles. The Hall–Kier alpha value is -2.17. The minimum atomic E-state index is -0.389. The summed E-state index contributed by atoms with van der Waals surface area (Å²) in [4.78, 5) is 27.3. The Morgan fingerprint density at radius 3 is 2.35 bits per heavy atom. The molecule has 1 aliphatic heterocycles. The molecule has 1 amide bonds. The third kappa shape index (κ3) is 3.97. The van der Waals surface area contributed by atoms with Crippen LogP contribution in [0.25, 0.3) is 0 Å². The topological polar surface area (TPSA) is 40.6 Å². The van der Waals surface area contributed by atoms with Gasteiger partial charge in [-0.05, 0) is 38.5 Å². The van der Waals surface area contributed by atoms with Crippen LogP contribution in [0.2, 0.25) is 0 Å². The monoisotopic (exact) mass is 318 g/mol. The van der Waals surface area contributed by atoms with E-state index in [2.05, 4.69) is 0 Å². The number of ketones is 1. The minimum absolute atomic E-state index is 0.0545. The van der Waals surface area contributed by atoms with Crippen LogP contribution in [-0.4, -0.2) is 42.8 Å². The number of carbonyl (C=O) groups is 2. The number of hydrogen-bond donors (Lipinski definition) is 0. The summed E-state index contributed by atoms with van der Waals surface area (Å²) >= 11 is 0. The van der Waals surface area contributed by atoms with Gasteiger partial charge in [0.1, 0.15) is 5.82 Å². The standard InChI is InChI=1S/C18H23FN2O2/c1-4-5-13(2)18(23)21-10-8-20(9-11-21)17-7-6-15(14(3)22)12-16(17)19/h5-7,12H,4,8-11H2,1-3H3. The van der Waals surface area contributed by atoms with Gasteiger partial charge in [0, 0.05) is 37.3 Å². The number of allylic oxidation sites excluding steroid dienone is 1. The van der Waals surface area contributed by atoms with Crippen LogP contribution in [-0.2, 0) is 4.79 Å². The molecule has 5 heteroatoms. The molecule has 1 aliphatic rings. The number of carbonyl (C=O) groups excluding carboxylic acids is 2. The van der Waals surface area contributed by atoms with E-state index < -0.39 is 0 Å². The van der Waals surface area contributed by atoms with Crippen LogP contribution in [0.15, 0.2) is 29.8 Å². The van der Waals surface area contributed by atoms with Crippen molar-refractivity contribution in [3.63, 3.8) is 0 Å². The Morgan fingerprint density at radius 2 is 1.83 bits per heavy atom. The summed E-state index contributed by atoms with van der Waals surface area (Å²) in [6.45, 7) is 7.57. The lowest BCUT2D eigenvalue weighted by Crippen LogP contribution is -2.49. The number of halogens is 1. The lowest BCUT2D eigenvalue weighted by Gasteiger charge is -2.36. The summed E-state index contributed by atoms with van der Waals surface area (Å²) < 4.78 is 14.2. The maximum Gasteiger partial charge on any atom is 0.249 e. The second-order valence-corrected chi connectivity index (χ2v) is 5.80. The Kier molecular flexibility index (Phi) is 5.53. The van der Waals surface area contributed by atoms with Crippen LogP contribution in [0.4, 0.5) is 10.1 Å². The first-order valence-corrected chi connectivity index (χ1v) is 7.95. The van der Waals surface area contributed by atoms with Gasteiger partial charge in [-0.2, -0.15) is 0 Å². The van der Waals surface area contributed by atoms with Crippen molar-refractivity contribution in [2.75, 3.05) is 31.1 Å². The molecule has 0 aromatic heterocycles. The van der Waals surface area contributed by atoms with Crippen molar-refractivity contribution >= 4 is 17.4 Å². The summed E-state index contributed by atoms with van der Waals surface area (Å²) in [5.41, 5.74) is 1.63. The average molecular weight is 318 g/mol. The van der Waals surface area contributed by atoms with Crippen LogP contribution >= 0.6 is 0 Å². The van der Waals surface area contributed by atoms with Gasteiger partial charge in [0.05, 0.1) is 5.69 Å². The quantitative estimate of drug-likeness (QED) is 0.633. The van der Waals surface area contributed by atoms with Gasteiger partial charge in [0.25, 0.3) is 0 Å². The fourth-order valence-corrected chi connectivity index (χ4v) is 2.78. The zero-order chi connectivity index (χ0) is 17.0. The third-order valence-corrected chi connectivity index (χ3v) is 4.11. The van der Waals surface area contributed by atoms with Gasteiger partial charge in [-0.1, -0.05) is 13.0 Å². The number of Topliss-reactive ketones (excluding diaryl/α,β-unsaturated/α-hetero) is 1. The van der Waals surface area contributed by atoms with Crippen molar-refractivity contribution in [2.24, 2.45) is 0 Å². The molecule has 1 aromatic rings. The average Bonchev–Trinajstić information content (AvgIpc) is 2.54. The van der Waals surface area contributed by atoms with E-state index in [1.54, 1.807) is 17.0 Å². The summed E-state index contributed by atoms with van der Waals surface area (Å²) in [7, 11) is 0. The van der Waals surface area contributed by atoms with Gasteiger partial charge in [-0.25, -0.2) is 4.39 Å². The highest BCUT2D eigenvalue weighted by atomic mass is 19.1. The number of amides is 1. The lowest BCUT2D eigenvalue weighted by molar-refractivity contribution is -0.127. The van der Waals surface area contributed by atoms with Gasteiger partial charge in [-0.15, -0.1) is 0 Å². The Bertz CT molecular complexity index is 632. The van der Waals surface area contributed by atoms with Crippen molar-refractivity contribution in [1.82, 2.24) is 4.90 Å². The number of hydrogen-bond acceptors (Lipinski definition) is 3. The molecule has 0 atom stereocenters. The molecule has 4 nitrogen and oxygen atoms in total. The second kappa shape index (κ2) is 7.40. The van der Waals surface area contributed by atoms with E-state index in [0.29, 0.717) is 37.4 Å². The molecule has 124 valence electrons. The van der Waals surface area contributed by atoms with Crippen LogP contribution in [0.3, 0.4) is 0 Å². The maximum absolute atomic E-state index is 14.2. The van der Waals surface area contributed by atoms with E-state index in [9.17, 15) is 14.0 Å². The van der Waals surface area contributed by atoms with E-state index in [4.69, 9.17) is 0 Å². The second-order valence-electron chi connectivity index (χ2n) is 5.80. The number of piperazine rings is 1. The molecule has 0 N–H and O–H groups in total. The van der Waals surface area contributed by atoms with E-state index >= 15 is 0 Å². The molecule has 0 bridgehead atoms. The van der Waals surface area contributed by atoms with Gasteiger partial charge in [0.2, 0.25) is 5.91 Å². The van der Waals surface area contributed by atoms with Crippen molar-refractivity contribution in [2.45, 2.75) is 27.2 Å². The van der Waals surface area contributed by atoms with E-state index in [-0.39, 0.29) is 17.5 Å². The number of anilines is 1. The molecule has 1 fully saturated rings. The zero-order valence-electron chi connectivity index (χ0n) is 13.9. The minimum Gasteiger partial charge on any atom is -0.366 e. The zero-order valence-corrected chi connectivity index (χ0v) is 13.9. The molecule has 0 spiro atoms. The fraction of sp³-hybridized carbons (Fsp3) is 0.444. The molecule has 1 heterocycles. The highest BCUT2D eigenvalue weighted by molar-refractivity contribution is 5.94. The SMILES string of the molecule is CCC=C(C)C(=O)N1CCN(c2ccc(C(C)=O)cc2F)CC1. The first kappa shape index (κ1) is 17.2. The summed E-state index contributed by atoms with van der Waals surface area (Å²) in [6, 6.07) is 4.57. The Balaban J connectivity index is 2.03. The lowest BCUT2D eigenvalue weighted by atomic mass is 10.1. The van der Waals surface area contributed by atoms with Gasteiger partial charge < -0.3 is 9.80 Å². The molecular formula is C18H23FN2O2. The molecule has 0 unspecified atom stereocenters. The van der Waals surface area contributed by atoms with Crippen LogP contribution in [0, 0.1) is 5.82 Å². The molecule has 2 rings (SSSR count). The van der Waals surface area contributed by atoms with Crippen LogP contribution in [0.5, 0.6) is 0 Å². The van der Waals surface area contributed by atoms with Crippen molar-refractivity contribution in [1.29, 1.82) is 0 Å². The predicted octanol–water partition coefficient (Wildman–Crippen LogP) is 3.03. The number of rotatable bonds is 4. The van der Waals surface area contributed by atoms with Crippen molar-refractivity contribution < 1.29 is 14.0 Å². The molecule has 0 aliphatic carbocycles. The first-order chi connectivity index (χ1) is 10.9. The predicted molar refractivity (Wildman–Crippen MR) is 89.2 cm³/mol. The molecule has 0 saturated carbocycles. The maximum atomic E-state index is 14.2. The number of benzene rings is 1. The smallest absolute Gasteiger partial charge is 0.249 e. The largest absolute Gasteiger partial charge is 0.366 e. The fourth-order valence-electron chi connectivity index (χ4n) is 2.78. The molecule has 0 radical (unpaired) electrons. The van der Waals surface area contributed by atoms with Crippen molar-refractivity contribution in [3.05, 3.63) is 41.2 Å². The Morgan fingerprint density at radius 1 is 1.17 bits per heavy atom. The molecule has 23 heavy (non-hydrogen) atoms. The first-order valence-electron chi connectivity index (χ1n) is 7.95. The summed E-state index contributed by atoms with van der Waals surface area (Å²) in [5, 5.41) is 0. The Labute approximate surface area is 136 Å². The highest BCUT2D eigenvalue weighted by Crippen LogP contribution is 2.22. The summed E-state index contributed by atoms with van der Waals surface area (Å²) in [5.74, 6) is -0.484. The normalized spacial score (nSPS) is 15.7.